The Morgan fingerprint density at radius 1 is 0.875 bits per heavy atom. The number of benzene rings is 2. The van der Waals surface area contributed by atoms with Crippen LogP contribution in [0.15, 0.2) is 67.7 Å². The van der Waals surface area contributed by atoms with E-state index >= 15 is 0 Å². The number of hydrogen-bond acceptors (Lipinski definition) is 6. The fourth-order valence-corrected chi connectivity index (χ4v) is 7.22. The first-order valence-electron chi connectivity index (χ1n) is 15.5. The summed E-state index contributed by atoms with van der Waals surface area (Å²) in [6.45, 7) is 0.801. The number of nitrogens with zero attached hydrogens (tertiary/aromatic N) is 3. The molecule has 1 aliphatic rings. The van der Waals surface area contributed by atoms with Gasteiger partial charge in [0.15, 0.2) is 17.5 Å². The lowest BCUT2D eigenvalue weighted by Gasteiger charge is -2.37. The van der Waals surface area contributed by atoms with Gasteiger partial charge in [-0.1, -0.05) is 44.0 Å². The topological polar surface area (TPSA) is 250 Å². The molecule has 13 N–H and O–H groups in total. The SMILES string of the molecule is NC(N)=NCCCCNC(=O)[C@@]1(O)[C@H](c2c[nH]c3cc(Br)ccc23)[C@@](O)(Cc2c[nH]c3cc(Br)ccc23)C(=O)N1CCCCN=C(N)N. The quantitative estimate of drug-likeness (QED) is 0.0518. The molecule has 0 aliphatic carbocycles. The van der Waals surface area contributed by atoms with Crippen LogP contribution in [0.2, 0.25) is 0 Å². The predicted octanol–water partition coefficient (Wildman–Crippen LogP) is 1.99. The highest BCUT2D eigenvalue weighted by Gasteiger charge is 2.70. The van der Waals surface area contributed by atoms with E-state index in [1.807, 2.05) is 36.4 Å². The van der Waals surface area contributed by atoms with Crippen molar-refractivity contribution in [2.24, 2.45) is 32.9 Å². The van der Waals surface area contributed by atoms with Gasteiger partial charge >= 0.3 is 0 Å². The Morgan fingerprint density at radius 3 is 2.10 bits per heavy atom. The Morgan fingerprint density at radius 2 is 1.46 bits per heavy atom. The number of amides is 2. The lowest BCUT2D eigenvalue weighted by atomic mass is 9.75. The number of aromatic amines is 2. The Balaban J connectivity index is 1.58. The van der Waals surface area contributed by atoms with E-state index in [9.17, 15) is 19.8 Å². The highest BCUT2D eigenvalue weighted by atomic mass is 79.9. The number of likely N-dealkylation sites (tertiary alicyclic amines) is 1. The first kappa shape index (κ1) is 35.2. The third-order valence-corrected chi connectivity index (χ3v) is 9.65. The number of unbranched alkanes of at least 4 members (excludes halogenated alkanes) is 2. The van der Waals surface area contributed by atoms with Crippen molar-refractivity contribution in [2.75, 3.05) is 26.2 Å². The molecule has 1 fully saturated rings. The van der Waals surface area contributed by atoms with E-state index in [0.29, 0.717) is 60.8 Å². The van der Waals surface area contributed by atoms with Crippen molar-refractivity contribution in [3.8, 4) is 0 Å². The minimum absolute atomic E-state index is 0.0241. The molecule has 16 heteroatoms. The number of aromatic nitrogens is 2. The first-order valence-corrected chi connectivity index (χ1v) is 17.1. The smallest absolute Gasteiger partial charge is 0.274 e. The molecule has 48 heavy (non-hydrogen) atoms. The third-order valence-electron chi connectivity index (χ3n) is 8.67. The van der Waals surface area contributed by atoms with Crippen LogP contribution < -0.4 is 28.3 Å². The van der Waals surface area contributed by atoms with Crippen LogP contribution >= 0.6 is 31.9 Å². The van der Waals surface area contributed by atoms with Crippen LogP contribution in [0.5, 0.6) is 0 Å². The van der Waals surface area contributed by atoms with E-state index in [1.54, 1.807) is 12.4 Å². The summed E-state index contributed by atoms with van der Waals surface area (Å²) in [7, 11) is 0. The first-order chi connectivity index (χ1) is 22.9. The number of aliphatic imine (C=N–C) groups is 2. The van der Waals surface area contributed by atoms with Crippen LogP contribution in [0.4, 0.5) is 0 Å². The summed E-state index contributed by atoms with van der Waals surface area (Å²) in [5.41, 5.74) is 19.6. The lowest BCUT2D eigenvalue weighted by molar-refractivity contribution is -0.167. The largest absolute Gasteiger partial charge is 0.379 e. The molecular weight excluding hydrogens is 748 g/mol. The molecule has 4 aromatic rings. The van der Waals surface area contributed by atoms with Gasteiger partial charge in [0.05, 0.1) is 5.92 Å². The number of H-pyrrole nitrogens is 2. The van der Waals surface area contributed by atoms with Gasteiger partial charge in [-0.25, -0.2) is 0 Å². The van der Waals surface area contributed by atoms with Crippen molar-refractivity contribution in [2.45, 2.75) is 49.3 Å². The maximum Gasteiger partial charge on any atom is 0.274 e. The highest BCUT2D eigenvalue weighted by molar-refractivity contribution is 9.10. The van der Waals surface area contributed by atoms with Gasteiger partial charge in [-0.15, -0.1) is 0 Å². The molecule has 1 saturated heterocycles. The van der Waals surface area contributed by atoms with Crippen LogP contribution in [0.25, 0.3) is 21.8 Å². The van der Waals surface area contributed by atoms with E-state index in [4.69, 9.17) is 22.9 Å². The van der Waals surface area contributed by atoms with Crippen LogP contribution in [0.1, 0.15) is 42.7 Å². The lowest BCUT2D eigenvalue weighted by Crippen LogP contribution is -2.59. The molecule has 2 aromatic carbocycles. The van der Waals surface area contributed by atoms with Crippen molar-refractivity contribution in [3.63, 3.8) is 0 Å². The molecule has 0 spiro atoms. The summed E-state index contributed by atoms with van der Waals surface area (Å²) in [6.07, 6.45) is 5.09. The van der Waals surface area contributed by atoms with Gasteiger partial charge in [-0.2, -0.15) is 0 Å². The van der Waals surface area contributed by atoms with E-state index in [1.165, 1.54) is 0 Å². The molecule has 0 unspecified atom stereocenters. The van der Waals surface area contributed by atoms with Crippen molar-refractivity contribution < 1.29 is 19.8 Å². The summed E-state index contributed by atoms with van der Waals surface area (Å²) < 4.78 is 1.67. The fraction of sp³-hybridized carbons (Fsp3) is 0.375. The van der Waals surface area contributed by atoms with Gasteiger partial charge in [-0.3, -0.25) is 19.6 Å². The Labute approximate surface area is 293 Å². The number of aliphatic hydroxyl groups is 2. The molecular formula is C32H40Br2N10O4. The zero-order valence-corrected chi connectivity index (χ0v) is 29.4. The number of halogens is 2. The van der Waals surface area contributed by atoms with Crippen molar-refractivity contribution in [1.82, 2.24) is 20.2 Å². The van der Waals surface area contributed by atoms with E-state index in [0.717, 1.165) is 24.7 Å². The molecule has 0 saturated carbocycles. The fourth-order valence-electron chi connectivity index (χ4n) is 6.50. The van der Waals surface area contributed by atoms with Crippen molar-refractivity contribution in [1.29, 1.82) is 0 Å². The van der Waals surface area contributed by atoms with E-state index < -0.39 is 29.1 Å². The average Bonchev–Trinajstić information content (AvgIpc) is 3.66. The standard InChI is InChI=1S/C32H40Br2N10O4/c33-19-5-7-21-18(16-42-24(21)13-19)15-31(47)26(23-17-43-25-14-20(34)6-8-22(23)25)32(48,27(45)39-9-1-2-10-40-29(35)36)44(28(31)46)12-4-3-11-41-30(37)38/h5-8,13-14,16-17,26,42-43,47-48H,1-4,9-12,15H2,(H,39,45)(H4,35,36,40)(H4,37,38,41)/t26-,31+,32+/m1/s1. The molecule has 3 atom stereocenters. The highest BCUT2D eigenvalue weighted by Crippen LogP contribution is 2.51. The molecule has 5 rings (SSSR count). The normalized spacial score (nSPS) is 20.8. The number of rotatable bonds is 14. The second kappa shape index (κ2) is 14.6. The van der Waals surface area contributed by atoms with Crippen LogP contribution in [-0.4, -0.2) is 86.3 Å². The van der Waals surface area contributed by atoms with Crippen LogP contribution in [0.3, 0.4) is 0 Å². The Bertz CT molecular complexity index is 1870. The summed E-state index contributed by atoms with van der Waals surface area (Å²) in [4.78, 5) is 44.3. The van der Waals surface area contributed by atoms with Gasteiger partial charge in [0.25, 0.3) is 11.8 Å². The number of carbonyl (C=O) groups is 2. The molecule has 2 aromatic heterocycles. The van der Waals surface area contributed by atoms with Crippen LogP contribution in [0, 0.1) is 0 Å². The summed E-state index contributed by atoms with van der Waals surface area (Å²) in [6, 6.07) is 11.1. The summed E-state index contributed by atoms with van der Waals surface area (Å²) >= 11 is 6.97. The predicted molar refractivity (Wildman–Crippen MR) is 193 cm³/mol. The minimum Gasteiger partial charge on any atom is -0.379 e. The Hall–Kier alpha value is -4.12. The third kappa shape index (κ3) is 7.02. The van der Waals surface area contributed by atoms with E-state index in [-0.39, 0.29) is 31.4 Å². The summed E-state index contributed by atoms with van der Waals surface area (Å²) in [5.74, 6) is -3.06. The zero-order valence-electron chi connectivity index (χ0n) is 26.2. The molecule has 3 heterocycles. The maximum atomic E-state index is 14.6. The summed E-state index contributed by atoms with van der Waals surface area (Å²) in [5, 5.41) is 29.7. The number of fused-ring (bicyclic) bond motifs is 2. The zero-order chi connectivity index (χ0) is 34.6. The van der Waals surface area contributed by atoms with Gasteiger partial charge in [-0.05, 0) is 61.1 Å². The number of nitrogens with two attached hydrogens (primary N) is 4. The van der Waals surface area contributed by atoms with Crippen molar-refractivity contribution in [3.05, 3.63) is 68.9 Å². The maximum absolute atomic E-state index is 14.6. The van der Waals surface area contributed by atoms with Gasteiger partial charge in [0.2, 0.25) is 5.72 Å². The average molecular weight is 789 g/mol. The Kier molecular flexibility index (Phi) is 10.7. The number of carbonyl (C=O) groups excluding carboxylic acids is 2. The number of nitrogens with one attached hydrogen (secondary N) is 3. The monoisotopic (exact) mass is 786 g/mol. The number of hydrogen-bond donors (Lipinski definition) is 9. The minimum atomic E-state index is -2.47. The molecule has 0 radical (unpaired) electrons. The molecule has 1 aliphatic heterocycles. The van der Waals surface area contributed by atoms with Gasteiger partial charge < -0.3 is 53.3 Å². The second-order valence-electron chi connectivity index (χ2n) is 11.9. The van der Waals surface area contributed by atoms with Gasteiger partial charge in [0, 0.05) is 75.7 Å². The molecule has 2 amide bonds. The van der Waals surface area contributed by atoms with Crippen molar-refractivity contribution >= 4 is 77.4 Å². The molecule has 256 valence electrons. The second-order valence-corrected chi connectivity index (χ2v) is 13.8. The van der Waals surface area contributed by atoms with Crippen LogP contribution in [-0.2, 0) is 16.0 Å². The molecule has 0 bridgehead atoms. The van der Waals surface area contributed by atoms with Gasteiger partial charge in [0.1, 0.15) is 0 Å². The molecule has 14 nitrogen and oxygen atoms in total. The van der Waals surface area contributed by atoms with E-state index in [2.05, 4.69) is 57.1 Å². The number of guanidine groups is 2.